The fourth-order valence-corrected chi connectivity index (χ4v) is 3.63. The van der Waals surface area contributed by atoms with Crippen LogP contribution in [-0.2, 0) is 9.53 Å². The van der Waals surface area contributed by atoms with Crippen molar-refractivity contribution < 1.29 is 13.9 Å². The molecule has 8 nitrogen and oxygen atoms in total. The minimum absolute atomic E-state index is 0.0584. The van der Waals surface area contributed by atoms with Gasteiger partial charge in [-0.2, -0.15) is 0 Å². The maximum absolute atomic E-state index is 13.5. The van der Waals surface area contributed by atoms with Gasteiger partial charge in [-0.15, -0.1) is 0 Å². The Morgan fingerprint density at radius 2 is 2.24 bits per heavy atom. The highest BCUT2D eigenvalue weighted by atomic mass is 19.1. The third-order valence-electron chi connectivity index (χ3n) is 4.67. The van der Waals surface area contributed by atoms with E-state index in [9.17, 15) is 9.18 Å². The second-order valence-corrected chi connectivity index (χ2v) is 7.94. The van der Waals surface area contributed by atoms with E-state index in [0.717, 1.165) is 13.0 Å². The summed E-state index contributed by atoms with van der Waals surface area (Å²) in [6.45, 7) is 7.67. The monoisotopic (exact) mass is 356 g/mol. The predicted molar refractivity (Wildman–Crippen MR) is 92.5 cm³/mol. The Kier molecular flexibility index (Phi) is 5.40. The molecule has 3 aliphatic rings. The SMILES string of the molecule is CC(C)(C)OC1CCNCC1NC(=O)C1C(N)NN2CC(F)C=NC12. The van der Waals surface area contributed by atoms with E-state index < -0.39 is 24.4 Å². The second kappa shape index (κ2) is 7.24. The number of hydrogen-bond acceptors (Lipinski definition) is 7. The van der Waals surface area contributed by atoms with Gasteiger partial charge in [0.25, 0.3) is 0 Å². The lowest BCUT2D eigenvalue weighted by atomic mass is 9.98. The Hall–Kier alpha value is -1.13. The van der Waals surface area contributed by atoms with Gasteiger partial charge in [-0.3, -0.25) is 9.79 Å². The highest BCUT2D eigenvalue weighted by Gasteiger charge is 2.47. The molecule has 3 heterocycles. The van der Waals surface area contributed by atoms with Gasteiger partial charge in [0.15, 0.2) is 0 Å². The highest BCUT2D eigenvalue weighted by Crippen LogP contribution is 2.25. The number of carbonyl (C=O) groups is 1. The largest absolute Gasteiger partial charge is 0.370 e. The van der Waals surface area contributed by atoms with Crippen molar-refractivity contribution in [2.24, 2.45) is 16.6 Å². The molecule has 6 unspecified atom stereocenters. The molecule has 0 bridgehead atoms. The van der Waals surface area contributed by atoms with Crippen molar-refractivity contribution in [1.82, 2.24) is 21.1 Å². The zero-order valence-corrected chi connectivity index (χ0v) is 15.0. The van der Waals surface area contributed by atoms with E-state index in [2.05, 4.69) is 21.1 Å². The molecule has 2 fully saturated rings. The minimum Gasteiger partial charge on any atom is -0.370 e. The standard InChI is InChI=1S/C16H29FN6O2/c1-16(2,3)25-11-4-5-19-7-10(11)21-15(24)12-13(18)22-23-8-9(17)6-20-14(12)23/h6,9-14,19,22H,4-5,7-8,18H2,1-3H3,(H,21,24). The number of fused-ring (bicyclic) bond motifs is 1. The summed E-state index contributed by atoms with van der Waals surface area (Å²) < 4.78 is 19.6. The summed E-state index contributed by atoms with van der Waals surface area (Å²) in [7, 11) is 0. The number of aliphatic imine (C=N–C) groups is 1. The number of hydrazine groups is 1. The number of piperidine rings is 1. The van der Waals surface area contributed by atoms with Gasteiger partial charge >= 0.3 is 0 Å². The van der Waals surface area contributed by atoms with Crippen LogP contribution in [0.4, 0.5) is 4.39 Å². The molecule has 0 aromatic heterocycles. The van der Waals surface area contributed by atoms with E-state index in [1.807, 2.05) is 20.8 Å². The quantitative estimate of drug-likeness (QED) is 0.524. The molecule has 2 saturated heterocycles. The van der Waals surface area contributed by atoms with Crippen LogP contribution >= 0.6 is 0 Å². The van der Waals surface area contributed by atoms with Crippen molar-refractivity contribution in [3.05, 3.63) is 0 Å². The van der Waals surface area contributed by atoms with Crippen molar-refractivity contribution >= 4 is 12.1 Å². The zero-order chi connectivity index (χ0) is 18.2. The number of halogens is 1. The van der Waals surface area contributed by atoms with Gasteiger partial charge in [-0.1, -0.05) is 0 Å². The Balaban J connectivity index is 1.67. The van der Waals surface area contributed by atoms with Crippen LogP contribution in [-0.4, -0.2) is 73.0 Å². The molecular formula is C16H29FN6O2. The number of hydrogen-bond donors (Lipinski definition) is 4. The number of carbonyl (C=O) groups excluding carboxylic acids is 1. The summed E-state index contributed by atoms with van der Waals surface area (Å²) in [5.74, 6) is -0.751. The van der Waals surface area contributed by atoms with E-state index >= 15 is 0 Å². The number of rotatable bonds is 3. The molecule has 0 radical (unpaired) electrons. The normalized spacial score (nSPS) is 39.2. The molecule has 0 spiro atoms. The number of nitrogens with zero attached hydrogens (tertiary/aromatic N) is 2. The van der Waals surface area contributed by atoms with Crippen LogP contribution in [0.2, 0.25) is 0 Å². The molecule has 0 saturated carbocycles. The van der Waals surface area contributed by atoms with Crippen LogP contribution in [0, 0.1) is 5.92 Å². The average Bonchev–Trinajstić information content (AvgIpc) is 2.82. The molecule has 6 atom stereocenters. The topological polar surface area (TPSA) is 104 Å². The highest BCUT2D eigenvalue weighted by molar-refractivity contribution is 5.81. The van der Waals surface area contributed by atoms with Crippen molar-refractivity contribution in [2.45, 2.75) is 63.4 Å². The van der Waals surface area contributed by atoms with Gasteiger partial charge in [0.05, 0.1) is 30.5 Å². The van der Waals surface area contributed by atoms with Gasteiger partial charge in [0, 0.05) is 12.8 Å². The summed E-state index contributed by atoms with van der Waals surface area (Å²) in [4.78, 5) is 17.0. The van der Waals surface area contributed by atoms with E-state index in [1.165, 1.54) is 6.21 Å². The lowest BCUT2D eigenvalue weighted by molar-refractivity contribution is -0.131. The second-order valence-electron chi connectivity index (χ2n) is 7.94. The molecule has 0 aliphatic carbocycles. The van der Waals surface area contributed by atoms with E-state index in [0.29, 0.717) is 6.54 Å². The Morgan fingerprint density at radius 3 is 2.96 bits per heavy atom. The van der Waals surface area contributed by atoms with Crippen LogP contribution < -0.4 is 21.8 Å². The van der Waals surface area contributed by atoms with Crippen LogP contribution in [0.1, 0.15) is 27.2 Å². The van der Waals surface area contributed by atoms with Crippen molar-refractivity contribution in [3.8, 4) is 0 Å². The van der Waals surface area contributed by atoms with Gasteiger partial charge in [0.2, 0.25) is 5.91 Å². The van der Waals surface area contributed by atoms with E-state index in [1.54, 1.807) is 5.01 Å². The summed E-state index contributed by atoms with van der Waals surface area (Å²) in [5.41, 5.74) is 8.74. The molecule has 9 heteroatoms. The van der Waals surface area contributed by atoms with Gasteiger partial charge in [0.1, 0.15) is 18.3 Å². The van der Waals surface area contributed by atoms with Crippen molar-refractivity contribution in [3.63, 3.8) is 0 Å². The molecule has 3 aliphatic heterocycles. The first-order valence-corrected chi connectivity index (χ1v) is 8.89. The van der Waals surface area contributed by atoms with Gasteiger partial charge < -0.3 is 21.1 Å². The van der Waals surface area contributed by atoms with Crippen LogP contribution in [0.3, 0.4) is 0 Å². The smallest absolute Gasteiger partial charge is 0.230 e. The Morgan fingerprint density at radius 1 is 1.48 bits per heavy atom. The molecule has 142 valence electrons. The maximum atomic E-state index is 13.5. The third-order valence-corrected chi connectivity index (χ3v) is 4.67. The zero-order valence-electron chi connectivity index (χ0n) is 15.0. The fraction of sp³-hybridized carbons (Fsp3) is 0.875. The van der Waals surface area contributed by atoms with E-state index in [-0.39, 0.29) is 30.2 Å². The predicted octanol–water partition coefficient (Wildman–Crippen LogP) is -0.882. The first-order valence-electron chi connectivity index (χ1n) is 8.89. The number of amides is 1. The summed E-state index contributed by atoms with van der Waals surface area (Å²) in [5, 5.41) is 7.97. The number of nitrogens with one attached hydrogen (secondary N) is 3. The molecular weight excluding hydrogens is 327 g/mol. The summed E-state index contributed by atoms with van der Waals surface area (Å²) in [6.07, 6.45) is -0.183. The van der Waals surface area contributed by atoms with E-state index in [4.69, 9.17) is 10.5 Å². The molecule has 1 amide bonds. The maximum Gasteiger partial charge on any atom is 0.230 e. The molecule has 5 N–H and O–H groups in total. The minimum atomic E-state index is -1.15. The third kappa shape index (κ3) is 4.35. The lowest BCUT2D eigenvalue weighted by Crippen LogP contribution is -2.58. The van der Waals surface area contributed by atoms with Crippen LogP contribution in [0.15, 0.2) is 4.99 Å². The number of ether oxygens (including phenoxy) is 1. The first kappa shape index (κ1) is 18.7. The van der Waals surface area contributed by atoms with Crippen LogP contribution in [0.25, 0.3) is 0 Å². The fourth-order valence-electron chi connectivity index (χ4n) is 3.63. The number of alkyl halides is 1. The van der Waals surface area contributed by atoms with Gasteiger partial charge in [-0.05, 0) is 33.7 Å². The summed E-state index contributed by atoms with van der Waals surface area (Å²) in [6, 6.07) is -0.136. The number of nitrogens with two attached hydrogens (primary N) is 1. The molecule has 3 rings (SSSR count). The lowest BCUT2D eigenvalue weighted by Gasteiger charge is -2.37. The Labute approximate surface area is 147 Å². The molecule has 0 aromatic carbocycles. The summed E-state index contributed by atoms with van der Waals surface area (Å²) >= 11 is 0. The van der Waals surface area contributed by atoms with Crippen LogP contribution in [0.5, 0.6) is 0 Å². The molecule has 0 aromatic rings. The van der Waals surface area contributed by atoms with Gasteiger partial charge in [-0.25, -0.2) is 14.8 Å². The average molecular weight is 356 g/mol. The Bertz CT molecular complexity index is 525. The molecule has 25 heavy (non-hydrogen) atoms. The van der Waals surface area contributed by atoms with Crippen molar-refractivity contribution in [1.29, 1.82) is 0 Å². The van der Waals surface area contributed by atoms with Crippen molar-refractivity contribution in [2.75, 3.05) is 19.6 Å². The first-order chi connectivity index (χ1) is 11.7.